The van der Waals surface area contributed by atoms with Crippen molar-refractivity contribution in [2.24, 2.45) is 0 Å². The topological polar surface area (TPSA) is 82.4 Å². The molecule has 3 heterocycles. The van der Waals surface area contributed by atoms with Crippen molar-refractivity contribution in [1.82, 2.24) is 19.9 Å². The quantitative estimate of drug-likeness (QED) is 0.734. The van der Waals surface area contributed by atoms with Gasteiger partial charge < -0.3 is 10.0 Å². The molecule has 3 aromatic rings. The first kappa shape index (κ1) is 18.1. The van der Waals surface area contributed by atoms with Gasteiger partial charge >= 0.3 is 5.97 Å². The number of carboxylic acids is 1. The van der Waals surface area contributed by atoms with Gasteiger partial charge in [0.15, 0.2) is 0 Å². The average Bonchev–Trinajstić information content (AvgIpc) is 2.75. The maximum Gasteiger partial charge on any atom is 0.335 e. The summed E-state index contributed by atoms with van der Waals surface area (Å²) in [6, 6.07) is 15.2. The molecule has 1 aliphatic rings. The second kappa shape index (κ2) is 8.14. The molecule has 142 valence electrons. The van der Waals surface area contributed by atoms with Crippen LogP contribution in [0.1, 0.15) is 15.9 Å². The summed E-state index contributed by atoms with van der Waals surface area (Å²) in [5.74, 6) is -0.327. The molecule has 1 aromatic carbocycles. The van der Waals surface area contributed by atoms with E-state index in [0.29, 0.717) is 17.3 Å². The fourth-order valence-corrected chi connectivity index (χ4v) is 3.29. The lowest BCUT2D eigenvalue weighted by Crippen LogP contribution is -2.46. The summed E-state index contributed by atoms with van der Waals surface area (Å²) < 4.78 is 0. The Balaban J connectivity index is 1.44. The van der Waals surface area contributed by atoms with Crippen molar-refractivity contribution in [3.63, 3.8) is 0 Å². The number of carbonyl (C=O) groups is 1. The lowest BCUT2D eigenvalue weighted by atomic mass is 10.2. The smallest absolute Gasteiger partial charge is 0.335 e. The normalized spacial score (nSPS) is 14.8. The summed E-state index contributed by atoms with van der Waals surface area (Å²) in [6.45, 7) is 4.52. The van der Waals surface area contributed by atoms with Crippen LogP contribution in [-0.2, 0) is 6.54 Å². The van der Waals surface area contributed by atoms with Crippen LogP contribution < -0.4 is 4.90 Å². The van der Waals surface area contributed by atoms with E-state index in [4.69, 9.17) is 0 Å². The average molecular weight is 375 g/mol. The lowest BCUT2D eigenvalue weighted by Gasteiger charge is -2.34. The fraction of sp³-hybridized carbons (Fsp3) is 0.238. The van der Waals surface area contributed by atoms with Crippen LogP contribution in [0.25, 0.3) is 11.4 Å². The third kappa shape index (κ3) is 4.15. The van der Waals surface area contributed by atoms with Crippen LogP contribution >= 0.6 is 0 Å². The number of aromatic carboxylic acids is 1. The predicted octanol–water partition coefficient (Wildman–Crippen LogP) is 2.56. The zero-order chi connectivity index (χ0) is 19.3. The first-order valence-electron chi connectivity index (χ1n) is 9.23. The number of rotatable bonds is 5. The van der Waals surface area contributed by atoms with Crippen molar-refractivity contribution in [3.05, 3.63) is 72.1 Å². The summed E-state index contributed by atoms with van der Waals surface area (Å²) in [7, 11) is 0. The van der Waals surface area contributed by atoms with Gasteiger partial charge in [0.1, 0.15) is 0 Å². The second-order valence-electron chi connectivity index (χ2n) is 6.73. The maximum absolute atomic E-state index is 11.2. The van der Waals surface area contributed by atoms with Crippen LogP contribution in [-0.4, -0.2) is 57.1 Å². The van der Waals surface area contributed by atoms with E-state index in [9.17, 15) is 9.90 Å². The third-order valence-electron chi connectivity index (χ3n) is 4.82. The van der Waals surface area contributed by atoms with Gasteiger partial charge in [-0.3, -0.25) is 9.88 Å². The number of benzene rings is 1. The maximum atomic E-state index is 11.2. The van der Waals surface area contributed by atoms with Crippen molar-refractivity contribution >= 4 is 11.9 Å². The molecule has 0 saturated carbocycles. The summed E-state index contributed by atoms with van der Waals surface area (Å²) in [4.78, 5) is 29.1. The van der Waals surface area contributed by atoms with E-state index in [-0.39, 0.29) is 5.56 Å². The van der Waals surface area contributed by atoms with Crippen molar-refractivity contribution in [3.8, 4) is 11.4 Å². The molecule has 1 saturated heterocycles. The van der Waals surface area contributed by atoms with Crippen LogP contribution in [0, 0.1) is 0 Å². The standard InChI is InChI=1S/C21H21N5O2/c27-20(28)17-6-8-22-19(14-17)18-7-9-23-21(24-18)26-12-10-25(11-13-26)15-16-4-2-1-3-5-16/h1-9,14H,10-13,15H2,(H,27,28). The van der Waals surface area contributed by atoms with Gasteiger partial charge in [0, 0.05) is 45.1 Å². The minimum Gasteiger partial charge on any atom is -0.478 e. The number of hydrogen-bond donors (Lipinski definition) is 1. The van der Waals surface area contributed by atoms with Crippen LogP contribution in [0.3, 0.4) is 0 Å². The minimum absolute atomic E-state index is 0.194. The van der Waals surface area contributed by atoms with Gasteiger partial charge in [-0.15, -0.1) is 0 Å². The van der Waals surface area contributed by atoms with Crippen LogP contribution in [0.4, 0.5) is 5.95 Å². The number of anilines is 1. The molecule has 0 amide bonds. The van der Waals surface area contributed by atoms with E-state index in [0.717, 1.165) is 32.7 Å². The fourth-order valence-electron chi connectivity index (χ4n) is 3.29. The van der Waals surface area contributed by atoms with Gasteiger partial charge in [0.25, 0.3) is 0 Å². The van der Waals surface area contributed by atoms with Crippen LogP contribution in [0.2, 0.25) is 0 Å². The molecular formula is C21H21N5O2. The Morgan fingerprint density at radius 1 is 0.929 bits per heavy atom. The SMILES string of the molecule is O=C(O)c1ccnc(-c2ccnc(N3CCN(Cc4ccccc4)CC3)n2)c1. The molecule has 1 fully saturated rings. The van der Waals surface area contributed by atoms with Crippen LogP contribution in [0.5, 0.6) is 0 Å². The Bertz CT molecular complexity index is 956. The van der Waals surface area contributed by atoms with Gasteiger partial charge in [0.05, 0.1) is 17.0 Å². The van der Waals surface area contributed by atoms with E-state index < -0.39 is 5.97 Å². The van der Waals surface area contributed by atoms with E-state index in [1.165, 1.54) is 23.9 Å². The summed E-state index contributed by atoms with van der Waals surface area (Å²) in [6.07, 6.45) is 3.19. The molecule has 7 heteroatoms. The van der Waals surface area contributed by atoms with Gasteiger partial charge in [0.2, 0.25) is 5.95 Å². The van der Waals surface area contributed by atoms with E-state index in [1.807, 2.05) is 6.07 Å². The Morgan fingerprint density at radius 3 is 2.43 bits per heavy atom. The molecule has 0 unspecified atom stereocenters. The third-order valence-corrected chi connectivity index (χ3v) is 4.82. The molecule has 0 bridgehead atoms. The van der Waals surface area contributed by atoms with Gasteiger partial charge in [-0.05, 0) is 23.8 Å². The summed E-state index contributed by atoms with van der Waals surface area (Å²) >= 11 is 0. The number of pyridine rings is 1. The highest BCUT2D eigenvalue weighted by Crippen LogP contribution is 2.19. The molecule has 0 spiro atoms. The Morgan fingerprint density at radius 2 is 1.68 bits per heavy atom. The number of hydrogen-bond acceptors (Lipinski definition) is 6. The first-order valence-corrected chi connectivity index (χ1v) is 9.23. The van der Waals surface area contributed by atoms with Crippen LogP contribution in [0.15, 0.2) is 60.9 Å². The number of nitrogens with zero attached hydrogens (tertiary/aromatic N) is 5. The van der Waals surface area contributed by atoms with Gasteiger partial charge in [-0.2, -0.15) is 0 Å². The summed E-state index contributed by atoms with van der Waals surface area (Å²) in [5, 5.41) is 9.17. The Hall–Kier alpha value is -3.32. The second-order valence-corrected chi connectivity index (χ2v) is 6.73. The number of piperazine rings is 1. The van der Waals surface area contributed by atoms with Crippen molar-refractivity contribution in [2.45, 2.75) is 6.54 Å². The monoisotopic (exact) mass is 375 g/mol. The minimum atomic E-state index is -0.979. The molecule has 0 atom stereocenters. The van der Waals surface area contributed by atoms with Crippen molar-refractivity contribution < 1.29 is 9.90 Å². The molecule has 7 nitrogen and oxygen atoms in total. The largest absolute Gasteiger partial charge is 0.478 e. The lowest BCUT2D eigenvalue weighted by molar-refractivity contribution is 0.0697. The van der Waals surface area contributed by atoms with Crippen molar-refractivity contribution in [2.75, 3.05) is 31.1 Å². The first-order chi connectivity index (χ1) is 13.7. The molecule has 1 N–H and O–H groups in total. The van der Waals surface area contributed by atoms with Gasteiger partial charge in [-0.1, -0.05) is 30.3 Å². The Kier molecular flexibility index (Phi) is 5.25. The highest BCUT2D eigenvalue weighted by atomic mass is 16.4. The number of aromatic nitrogens is 3. The molecule has 0 radical (unpaired) electrons. The Labute approximate surface area is 163 Å². The van der Waals surface area contributed by atoms with E-state index >= 15 is 0 Å². The highest BCUT2D eigenvalue weighted by Gasteiger charge is 2.19. The highest BCUT2D eigenvalue weighted by molar-refractivity contribution is 5.88. The molecule has 0 aliphatic carbocycles. The predicted molar refractivity (Wildman–Crippen MR) is 106 cm³/mol. The molecular weight excluding hydrogens is 354 g/mol. The van der Waals surface area contributed by atoms with E-state index in [1.54, 1.807) is 12.3 Å². The molecule has 28 heavy (non-hydrogen) atoms. The zero-order valence-electron chi connectivity index (χ0n) is 15.4. The summed E-state index contributed by atoms with van der Waals surface area (Å²) in [5.41, 5.74) is 2.67. The molecule has 4 rings (SSSR count). The van der Waals surface area contributed by atoms with Crippen molar-refractivity contribution in [1.29, 1.82) is 0 Å². The molecule has 1 aliphatic heterocycles. The number of carboxylic acid groups (broad SMARTS) is 1. The van der Waals surface area contributed by atoms with Gasteiger partial charge in [-0.25, -0.2) is 14.8 Å². The zero-order valence-corrected chi connectivity index (χ0v) is 15.4. The molecule has 2 aromatic heterocycles. The van der Waals surface area contributed by atoms with E-state index in [2.05, 4.69) is 49.0 Å².